The number of rotatable bonds is 1. The first-order valence-electron chi connectivity index (χ1n) is 4.85. The van der Waals surface area contributed by atoms with Crippen LogP contribution in [0.25, 0.3) is 22.3 Å². The van der Waals surface area contributed by atoms with Crippen molar-refractivity contribution in [2.24, 2.45) is 0 Å². The number of benzene rings is 1. The van der Waals surface area contributed by atoms with E-state index in [1.807, 2.05) is 6.92 Å². The normalized spacial score (nSPS) is 11.1. The number of aromatic nitrogens is 1. The summed E-state index contributed by atoms with van der Waals surface area (Å²) in [5, 5.41) is 4.59. The van der Waals surface area contributed by atoms with Crippen molar-refractivity contribution in [3.05, 3.63) is 42.0 Å². The summed E-state index contributed by atoms with van der Waals surface area (Å²) in [4.78, 5) is 0. The van der Waals surface area contributed by atoms with Gasteiger partial charge in [-0.05, 0) is 25.1 Å². The van der Waals surface area contributed by atoms with E-state index in [2.05, 4.69) is 5.16 Å². The maximum absolute atomic E-state index is 13.7. The molecule has 80 valence electrons. The van der Waals surface area contributed by atoms with E-state index in [9.17, 15) is 4.39 Å². The van der Waals surface area contributed by atoms with Gasteiger partial charge in [0.25, 0.3) is 0 Å². The molecule has 0 aliphatic carbocycles. The molecule has 3 nitrogen and oxygen atoms in total. The number of aryl methyl sites for hydroxylation is 1. The molecule has 0 saturated heterocycles. The minimum Gasteiger partial charge on any atom is -0.464 e. The SMILES string of the molecule is Cc1noc2cc(F)c(-c3ccco3)cc12. The number of hydrogen-bond acceptors (Lipinski definition) is 3. The first-order valence-corrected chi connectivity index (χ1v) is 4.85. The summed E-state index contributed by atoms with van der Waals surface area (Å²) in [5.74, 6) is 0.124. The van der Waals surface area contributed by atoms with Gasteiger partial charge in [0.2, 0.25) is 0 Å². The molecule has 0 radical (unpaired) electrons. The lowest BCUT2D eigenvalue weighted by atomic mass is 10.1. The fraction of sp³-hybridized carbons (Fsp3) is 0.0833. The molecule has 0 fully saturated rings. The third-order valence-corrected chi connectivity index (χ3v) is 2.53. The quantitative estimate of drug-likeness (QED) is 0.625. The summed E-state index contributed by atoms with van der Waals surface area (Å²) in [6, 6.07) is 6.45. The Balaban J connectivity index is 2.32. The van der Waals surface area contributed by atoms with Crippen LogP contribution in [-0.4, -0.2) is 5.16 Å². The first kappa shape index (κ1) is 9.15. The van der Waals surface area contributed by atoms with Crippen molar-refractivity contribution in [3.63, 3.8) is 0 Å². The fourth-order valence-electron chi connectivity index (χ4n) is 1.70. The molecule has 0 aliphatic heterocycles. The number of fused-ring (bicyclic) bond motifs is 1. The van der Waals surface area contributed by atoms with E-state index in [0.29, 0.717) is 16.9 Å². The van der Waals surface area contributed by atoms with E-state index >= 15 is 0 Å². The van der Waals surface area contributed by atoms with Gasteiger partial charge in [-0.1, -0.05) is 5.16 Å². The van der Waals surface area contributed by atoms with Gasteiger partial charge in [-0.15, -0.1) is 0 Å². The van der Waals surface area contributed by atoms with E-state index in [1.54, 1.807) is 18.2 Å². The third-order valence-electron chi connectivity index (χ3n) is 2.53. The van der Waals surface area contributed by atoms with Crippen LogP contribution in [0.1, 0.15) is 5.69 Å². The smallest absolute Gasteiger partial charge is 0.170 e. The van der Waals surface area contributed by atoms with E-state index < -0.39 is 0 Å². The lowest BCUT2D eigenvalue weighted by Crippen LogP contribution is -1.82. The lowest BCUT2D eigenvalue weighted by Gasteiger charge is -1.99. The fourth-order valence-corrected chi connectivity index (χ4v) is 1.70. The molecular weight excluding hydrogens is 209 g/mol. The molecule has 0 N–H and O–H groups in total. The average molecular weight is 217 g/mol. The van der Waals surface area contributed by atoms with Crippen LogP contribution in [0.3, 0.4) is 0 Å². The van der Waals surface area contributed by atoms with Crippen LogP contribution in [0.5, 0.6) is 0 Å². The van der Waals surface area contributed by atoms with Crippen LogP contribution < -0.4 is 0 Å². The van der Waals surface area contributed by atoms with Gasteiger partial charge in [0.05, 0.1) is 17.5 Å². The standard InChI is InChI=1S/C12H8FNO2/c1-7-8-5-9(11-3-2-4-15-11)10(13)6-12(8)16-14-7/h2-6H,1H3. The molecule has 0 aliphatic rings. The van der Waals surface area contributed by atoms with Crippen LogP contribution in [-0.2, 0) is 0 Å². The van der Waals surface area contributed by atoms with Crippen molar-refractivity contribution in [2.45, 2.75) is 6.92 Å². The molecule has 4 heteroatoms. The van der Waals surface area contributed by atoms with E-state index in [1.165, 1.54) is 12.3 Å². The van der Waals surface area contributed by atoms with Gasteiger partial charge >= 0.3 is 0 Å². The molecule has 0 atom stereocenters. The monoisotopic (exact) mass is 217 g/mol. The highest BCUT2D eigenvalue weighted by atomic mass is 19.1. The van der Waals surface area contributed by atoms with Crippen molar-refractivity contribution in [1.82, 2.24) is 5.16 Å². The Morgan fingerprint density at radius 1 is 1.31 bits per heavy atom. The molecule has 0 bridgehead atoms. The van der Waals surface area contributed by atoms with Crippen molar-refractivity contribution < 1.29 is 13.3 Å². The van der Waals surface area contributed by atoms with E-state index in [0.717, 1.165) is 11.1 Å². The largest absolute Gasteiger partial charge is 0.464 e. The molecule has 3 rings (SSSR count). The minimum absolute atomic E-state index is 0.376. The zero-order chi connectivity index (χ0) is 11.1. The van der Waals surface area contributed by atoms with Gasteiger partial charge in [0.1, 0.15) is 11.6 Å². The molecule has 0 spiro atoms. The Morgan fingerprint density at radius 3 is 2.94 bits per heavy atom. The van der Waals surface area contributed by atoms with E-state index in [4.69, 9.17) is 8.94 Å². The Labute approximate surface area is 90.5 Å². The highest BCUT2D eigenvalue weighted by Gasteiger charge is 2.13. The zero-order valence-electron chi connectivity index (χ0n) is 8.53. The Hall–Kier alpha value is -2.10. The van der Waals surface area contributed by atoms with Crippen molar-refractivity contribution in [3.8, 4) is 11.3 Å². The Bertz CT molecular complexity index is 640. The van der Waals surface area contributed by atoms with Crippen molar-refractivity contribution in [1.29, 1.82) is 0 Å². The summed E-state index contributed by atoms with van der Waals surface area (Å²) < 4.78 is 23.9. The predicted molar refractivity (Wildman–Crippen MR) is 56.4 cm³/mol. The van der Waals surface area contributed by atoms with Gasteiger partial charge < -0.3 is 8.94 Å². The van der Waals surface area contributed by atoms with Gasteiger partial charge in [-0.2, -0.15) is 0 Å². The van der Waals surface area contributed by atoms with Gasteiger partial charge in [-0.3, -0.25) is 0 Å². The molecule has 0 amide bonds. The summed E-state index contributed by atoms with van der Waals surface area (Å²) in [6.07, 6.45) is 1.51. The topological polar surface area (TPSA) is 39.2 Å². The van der Waals surface area contributed by atoms with Crippen molar-refractivity contribution >= 4 is 11.0 Å². The maximum Gasteiger partial charge on any atom is 0.170 e. The number of hydrogen-bond donors (Lipinski definition) is 0. The summed E-state index contributed by atoms with van der Waals surface area (Å²) in [7, 11) is 0. The third kappa shape index (κ3) is 1.23. The van der Waals surface area contributed by atoms with Crippen LogP contribution in [0.2, 0.25) is 0 Å². The Morgan fingerprint density at radius 2 is 2.19 bits per heavy atom. The molecule has 0 unspecified atom stereocenters. The number of furan rings is 1. The summed E-state index contributed by atoms with van der Waals surface area (Å²) in [6.45, 7) is 1.82. The highest BCUT2D eigenvalue weighted by molar-refractivity contribution is 5.84. The predicted octanol–water partition coefficient (Wildman–Crippen LogP) is 3.54. The second-order valence-electron chi connectivity index (χ2n) is 3.57. The van der Waals surface area contributed by atoms with Gasteiger partial charge in [0, 0.05) is 11.5 Å². The minimum atomic E-state index is -0.376. The molecule has 2 heterocycles. The average Bonchev–Trinajstić information content (AvgIpc) is 2.88. The van der Waals surface area contributed by atoms with Crippen LogP contribution >= 0.6 is 0 Å². The number of halogens is 1. The maximum atomic E-state index is 13.7. The molecular formula is C12H8FNO2. The van der Waals surface area contributed by atoms with Crippen molar-refractivity contribution in [2.75, 3.05) is 0 Å². The number of nitrogens with zero attached hydrogens (tertiary/aromatic N) is 1. The second-order valence-corrected chi connectivity index (χ2v) is 3.57. The van der Waals surface area contributed by atoms with Crippen LogP contribution in [0.15, 0.2) is 39.5 Å². The Kier molecular flexibility index (Phi) is 1.83. The van der Waals surface area contributed by atoms with Crippen LogP contribution in [0.4, 0.5) is 4.39 Å². The second kappa shape index (κ2) is 3.20. The van der Waals surface area contributed by atoms with E-state index in [-0.39, 0.29) is 5.82 Å². The molecule has 2 aromatic heterocycles. The van der Waals surface area contributed by atoms with Gasteiger partial charge in [0.15, 0.2) is 5.58 Å². The lowest BCUT2D eigenvalue weighted by molar-refractivity contribution is 0.448. The zero-order valence-corrected chi connectivity index (χ0v) is 8.53. The highest BCUT2D eigenvalue weighted by Crippen LogP contribution is 2.29. The molecule has 16 heavy (non-hydrogen) atoms. The molecule has 1 aromatic carbocycles. The van der Waals surface area contributed by atoms with Gasteiger partial charge in [-0.25, -0.2) is 4.39 Å². The van der Waals surface area contributed by atoms with Crippen LogP contribution in [0, 0.1) is 12.7 Å². The first-order chi connectivity index (χ1) is 7.75. The molecule has 0 saturated carbocycles. The summed E-state index contributed by atoms with van der Waals surface area (Å²) in [5.41, 5.74) is 1.61. The molecule has 3 aromatic rings. The summed E-state index contributed by atoms with van der Waals surface area (Å²) >= 11 is 0.